The summed E-state index contributed by atoms with van der Waals surface area (Å²) in [6.45, 7) is 7.77. The molecule has 0 spiro atoms. The zero-order chi connectivity index (χ0) is 10.2. The molecule has 0 aromatic carbocycles. The maximum atomic E-state index is 5.63. The SMILES string of the molecule is CCN(CCCNC)CC1CCCO1. The first-order chi connectivity index (χ1) is 6.86. The lowest BCUT2D eigenvalue weighted by Crippen LogP contribution is -2.33. The summed E-state index contributed by atoms with van der Waals surface area (Å²) in [7, 11) is 2.01. The van der Waals surface area contributed by atoms with E-state index in [-0.39, 0.29) is 0 Å². The minimum atomic E-state index is 0.504. The zero-order valence-corrected chi connectivity index (χ0v) is 9.59. The highest BCUT2D eigenvalue weighted by molar-refractivity contribution is 4.70. The van der Waals surface area contributed by atoms with Gasteiger partial charge < -0.3 is 15.0 Å². The molecule has 0 radical (unpaired) electrons. The zero-order valence-electron chi connectivity index (χ0n) is 9.59. The van der Waals surface area contributed by atoms with Crippen molar-refractivity contribution in [2.75, 3.05) is 39.8 Å². The van der Waals surface area contributed by atoms with Crippen LogP contribution >= 0.6 is 0 Å². The largest absolute Gasteiger partial charge is 0.377 e. The monoisotopic (exact) mass is 200 g/mol. The standard InChI is InChI=1S/C11H24N2O/c1-3-13(8-5-7-12-2)10-11-6-4-9-14-11/h11-12H,3-10H2,1-2H3. The van der Waals surface area contributed by atoms with Gasteiger partial charge >= 0.3 is 0 Å². The van der Waals surface area contributed by atoms with Gasteiger partial charge in [-0.3, -0.25) is 0 Å². The van der Waals surface area contributed by atoms with Crippen molar-refractivity contribution in [2.45, 2.75) is 32.3 Å². The first-order valence-corrected chi connectivity index (χ1v) is 5.85. The molecular formula is C11H24N2O. The maximum Gasteiger partial charge on any atom is 0.0702 e. The Bertz CT molecular complexity index is 135. The van der Waals surface area contributed by atoms with Crippen LogP contribution < -0.4 is 5.32 Å². The molecule has 0 bridgehead atoms. The van der Waals surface area contributed by atoms with Gasteiger partial charge in [0.25, 0.3) is 0 Å². The van der Waals surface area contributed by atoms with Crippen molar-refractivity contribution in [1.82, 2.24) is 10.2 Å². The number of likely N-dealkylation sites (N-methyl/N-ethyl adjacent to an activating group) is 1. The molecule has 1 aliphatic heterocycles. The average Bonchev–Trinajstić information content (AvgIpc) is 2.69. The molecule has 0 saturated carbocycles. The Hall–Kier alpha value is -0.120. The number of hydrogen-bond acceptors (Lipinski definition) is 3. The summed E-state index contributed by atoms with van der Waals surface area (Å²) in [6, 6.07) is 0. The molecule has 1 aliphatic rings. The number of ether oxygens (including phenoxy) is 1. The van der Waals surface area contributed by atoms with Crippen LogP contribution in [-0.2, 0) is 4.74 Å². The van der Waals surface area contributed by atoms with E-state index in [4.69, 9.17) is 4.74 Å². The highest BCUT2D eigenvalue weighted by Crippen LogP contribution is 2.13. The number of rotatable bonds is 7. The Morgan fingerprint density at radius 2 is 2.36 bits per heavy atom. The van der Waals surface area contributed by atoms with Crippen molar-refractivity contribution >= 4 is 0 Å². The van der Waals surface area contributed by atoms with Crippen molar-refractivity contribution < 1.29 is 4.74 Å². The topological polar surface area (TPSA) is 24.5 Å². The maximum absolute atomic E-state index is 5.63. The van der Waals surface area contributed by atoms with Gasteiger partial charge in [0.1, 0.15) is 0 Å². The summed E-state index contributed by atoms with van der Waals surface area (Å²) in [6.07, 6.45) is 4.24. The predicted octanol–water partition coefficient (Wildman–Crippen LogP) is 1.10. The van der Waals surface area contributed by atoms with Crippen molar-refractivity contribution in [3.8, 4) is 0 Å². The molecule has 1 unspecified atom stereocenters. The van der Waals surface area contributed by atoms with E-state index in [0.29, 0.717) is 6.10 Å². The molecule has 3 heteroatoms. The molecule has 0 aliphatic carbocycles. The van der Waals surface area contributed by atoms with Crippen LogP contribution in [0.25, 0.3) is 0 Å². The van der Waals surface area contributed by atoms with E-state index in [1.54, 1.807) is 0 Å². The van der Waals surface area contributed by atoms with Gasteiger partial charge in [0.15, 0.2) is 0 Å². The van der Waals surface area contributed by atoms with E-state index in [1.165, 1.54) is 25.8 Å². The molecule has 14 heavy (non-hydrogen) atoms. The van der Waals surface area contributed by atoms with E-state index >= 15 is 0 Å². The quantitative estimate of drug-likeness (QED) is 0.623. The fourth-order valence-electron chi connectivity index (χ4n) is 1.93. The van der Waals surface area contributed by atoms with Gasteiger partial charge in [0.05, 0.1) is 6.10 Å². The van der Waals surface area contributed by atoms with Crippen LogP contribution in [0.4, 0.5) is 0 Å². The number of nitrogens with one attached hydrogen (secondary N) is 1. The predicted molar refractivity (Wildman–Crippen MR) is 59.6 cm³/mol. The second-order valence-electron chi connectivity index (χ2n) is 3.99. The fourth-order valence-corrected chi connectivity index (χ4v) is 1.93. The highest BCUT2D eigenvalue weighted by Gasteiger charge is 2.17. The Morgan fingerprint density at radius 3 is 2.93 bits per heavy atom. The summed E-state index contributed by atoms with van der Waals surface area (Å²) in [4.78, 5) is 2.49. The normalized spacial score (nSPS) is 22.1. The van der Waals surface area contributed by atoms with E-state index in [0.717, 1.165) is 26.2 Å². The number of nitrogens with zero attached hydrogens (tertiary/aromatic N) is 1. The summed E-state index contributed by atoms with van der Waals surface area (Å²) < 4.78 is 5.63. The number of hydrogen-bond donors (Lipinski definition) is 1. The van der Waals surface area contributed by atoms with E-state index in [9.17, 15) is 0 Å². The minimum Gasteiger partial charge on any atom is -0.377 e. The van der Waals surface area contributed by atoms with Crippen LogP contribution in [0, 0.1) is 0 Å². The average molecular weight is 200 g/mol. The Labute approximate surface area is 87.8 Å². The summed E-state index contributed by atoms with van der Waals surface area (Å²) in [5.74, 6) is 0. The van der Waals surface area contributed by atoms with E-state index in [1.807, 2.05) is 7.05 Å². The summed E-state index contributed by atoms with van der Waals surface area (Å²) in [5.41, 5.74) is 0. The van der Waals surface area contributed by atoms with Crippen LogP contribution in [0.2, 0.25) is 0 Å². The molecule has 84 valence electrons. The van der Waals surface area contributed by atoms with Crippen molar-refractivity contribution in [3.63, 3.8) is 0 Å². The van der Waals surface area contributed by atoms with Crippen molar-refractivity contribution in [3.05, 3.63) is 0 Å². The first-order valence-electron chi connectivity index (χ1n) is 5.85. The second kappa shape index (κ2) is 7.21. The van der Waals surface area contributed by atoms with E-state index < -0.39 is 0 Å². The molecule has 1 heterocycles. The molecule has 0 aromatic rings. The van der Waals surface area contributed by atoms with Crippen LogP contribution in [0.1, 0.15) is 26.2 Å². The molecular weight excluding hydrogens is 176 g/mol. The van der Waals surface area contributed by atoms with Gasteiger partial charge in [-0.05, 0) is 45.9 Å². The third-order valence-electron chi connectivity index (χ3n) is 2.83. The molecule has 1 rings (SSSR count). The molecule has 1 N–H and O–H groups in total. The Kier molecular flexibility index (Phi) is 6.15. The lowest BCUT2D eigenvalue weighted by molar-refractivity contribution is 0.0745. The van der Waals surface area contributed by atoms with Gasteiger partial charge in [-0.2, -0.15) is 0 Å². The Morgan fingerprint density at radius 1 is 1.50 bits per heavy atom. The lowest BCUT2D eigenvalue weighted by atomic mass is 10.2. The van der Waals surface area contributed by atoms with E-state index in [2.05, 4.69) is 17.1 Å². The summed E-state index contributed by atoms with van der Waals surface area (Å²) in [5, 5.41) is 3.18. The molecule has 1 atom stereocenters. The Balaban J connectivity index is 2.10. The fraction of sp³-hybridized carbons (Fsp3) is 1.00. The van der Waals surface area contributed by atoms with Crippen LogP contribution in [-0.4, -0.2) is 50.8 Å². The van der Waals surface area contributed by atoms with Gasteiger partial charge in [-0.15, -0.1) is 0 Å². The summed E-state index contributed by atoms with van der Waals surface area (Å²) >= 11 is 0. The van der Waals surface area contributed by atoms with Crippen molar-refractivity contribution in [2.24, 2.45) is 0 Å². The molecule has 1 fully saturated rings. The third-order valence-corrected chi connectivity index (χ3v) is 2.83. The highest BCUT2D eigenvalue weighted by atomic mass is 16.5. The van der Waals surface area contributed by atoms with Gasteiger partial charge in [-0.1, -0.05) is 6.92 Å². The first kappa shape index (κ1) is 12.0. The minimum absolute atomic E-state index is 0.504. The van der Waals surface area contributed by atoms with Crippen LogP contribution in [0.15, 0.2) is 0 Å². The molecule has 0 amide bonds. The van der Waals surface area contributed by atoms with Gasteiger partial charge in [0, 0.05) is 13.2 Å². The second-order valence-corrected chi connectivity index (χ2v) is 3.99. The van der Waals surface area contributed by atoms with Gasteiger partial charge in [-0.25, -0.2) is 0 Å². The smallest absolute Gasteiger partial charge is 0.0702 e. The van der Waals surface area contributed by atoms with Gasteiger partial charge in [0.2, 0.25) is 0 Å². The molecule has 0 aromatic heterocycles. The third kappa shape index (κ3) is 4.40. The van der Waals surface area contributed by atoms with Crippen LogP contribution in [0.3, 0.4) is 0 Å². The van der Waals surface area contributed by atoms with Crippen LogP contribution in [0.5, 0.6) is 0 Å². The molecule has 3 nitrogen and oxygen atoms in total. The lowest BCUT2D eigenvalue weighted by Gasteiger charge is -2.23. The molecule has 1 saturated heterocycles. The van der Waals surface area contributed by atoms with Crippen molar-refractivity contribution in [1.29, 1.82) is 0 Å².